The maximum absolute atomic E-state index is 12.3. The third kappa shape index (κ3) is 3.46. The molecule has 5 nitrogen and oxygen atoms in total. The van der Waals surface area contributed by atoms with E-state index in [9.17, 15) is 4.79 Å². The highest BCUT2D eigenvalue weighted by Crippen LogP contribution is 2.16. The van der Waals surface area contributed by atoms with Crippen molar-refractivity contribution in [3.05, 3.63) is 22.4 Å². The van der Waals surface area contributed by atoms with Gasteiger partial charge in [-0.05, 0) is 28.3 Å². The van der Waals surface area contributed by atoms with E-state index in [1.807, 2.05) is 30.7 Å². The van der Waals surface area contributed by atoms with Crippen LogP contribution in [-0.4, -0.2) is 28.9 Å². The average molecular weight is 269 g/mol. The van der Waals surface area contributed by atoms with Crippen LogP contribution in [0.1, 0.15) is 19.4 Å². The van der Waals surface area contributed by atoms with Crippen LogP contribution in [0.15, 0.2) is 22.0 Å². The Hall–Kier alpha value is -1.56. The summed E-state index contributed by atoms with van der Waals surface area (Å²) in [6.45, 7) is 4.28. The molecule has 1 unspecified atom stereocenters. The third-order valence-electron chi connectivity index (χ3n) is 2.74. The van der Waals surface area contributed by atoms with E-state index in [1.54, 1.807) is 23.3 Å². The standard InChI is InChI=1S/C12H19N3O2S/c1-8(2)10(11(13)14-17)12(16)15(3)6-9-4-5-18-7-9/h4-5,7-8,10,17H,6H2,1-3H3,(H2,13,14). The van der Waals surface area contributed by atoms with Crippen molar-refractivity contribution in [1.82, 2.24) is 4.90 Å². The second kappa shape index (κ2) is 6.39. The van der Waals surface area contributed by atoms with Crippen molar-refractivity contribution in [2.75, 3.05) is 7.05 Å². The van der Waals surface area contributed by atoms with Gasteiger partial charge in [0.1, 0.15) is 5.92 Å². The van der Waals surface area contributed by atoms with E-state index in [4.69, 9.17) is 10.9 Å². The zero-order valence-corrected chi connectivity index (χ0v) is 11.6. The highest BCUT2D eigenvalue weighted by molar-refractivity contribution is 7.07. The fourth-order valence-corrected chi connectivity index (χ4v) is 2.45. The molecule has 1 amide bonds. The quantitative estimate of drug-likeness (QED) is 0.370. The molecule has 1 atom stereocenters. The van der Waals surface area contributed by atoms with E-state index in [-0.39, 0.29) is 17.7 Å². The minimum Gasteiger partial charge on any atom is -0.409 e. The molecule has 0 radical (unpaired) electrons. The largest absolute Gasteiger partial charge is 0.409 e. The Bertz CT molecular complexity index is 415. The van der Waals surface area contributed by atoms with E-state index in [0.29, 0.717) is 6.54 Å². The molecule has 0 saturated heterocycles. The Kier molecular flexibility index (Phi) is 5.15. The minimum atomic E-state index is -0.585. The van der Waals surface area contributed by atoms with Gasteiger partial charge in [0, 0.05) is 13.6 Å². The number of rotatable bonds is 5. The minimum absolute atomic E-state index is 0.0154. The number of hydrogen-bond acceptors (Lipinski definition) is 4. The number of thiophene rings is 1. The molecule has 0 fully saturated rings. The molecule has 3 N–H and O–H groups in total. The Labute approximate surface area is 111 Å². The summed E-state index contributed by atoms with van der Waals surface area (Å²) in [6.07, 6.45) is 0. The van der Waals surface area contributed by atoms with Crippen LogP contribution in [0.5, 0.6) is 0 Å². The van der Waals surface area contributed by atoms with Gasteiger partial charge in [-0.1, -0.05) is 19.0 Å². The number of amides is 1. The monoisotopic (exact) mass is 269 g/mol. The molecule has 100 valence electrons. The third-order valence-corrected chi connectivity index (χ3v) is 3.47. The van der Waals surface area contributed by atoms with Crippen LogP contribution in [0.25, 0.3) is 0 Å². The molecular weight excluding hydrogens is 250 g/mol. The molecule has 0 bridgehead atoms. The van der Waals surface area contributed by atoms with Crippen molar-refractivity contribution >= 4 is 23.1 Å². The van der Waals surface area contributed by atoms with Gasteiger partial charge < -0.3 is 15.8 Å². The van der Waals surface area contributed by atoms with Crippen LogP contribution in [0.2, 0.25) is 0 Å². The highest BCUT2D eigenvalue weighted by Gasteiger charge is 2.29. The van der Waals surface area contributed by atoms with Crippen LogP contribution in [0.3, 0.4) is 0 Å². The van der Waals surface area contributed by atoms with Gasteiger partial charge in [0.2, 0.25) is 5.91 Å². The first-order valence-electron chi connectivity index (χ1n) is 5.70. The van der Waals surface area contributed by atoms with E-state index in [0.717, 1.165) is 5.56 Å². The number of carbonyl (C=O) groups excluding carboxylic acids is 1. The molecule has 18 heavy (non-hydrogen) atoms. The van der Waals surface area contributed by atoms with Crippen molar-refractivity contribution in [1.29, 1.82) is 0 Å². The zero-order chi connectivity index (χ0) is 13.7. The fraction of sp³-hybridized carbons (Fsp3) is 0.500. The molecule has 1 aromatic rings. The lowest BCUT2D eigenvalue weighted by Crippen LogP contribution is -2.42. The molecule has 0 aliphatic carbocycles. The number of carbonyl (C=O) groups is 1. The first-order chi connectivity index (χ1) is 8.47. The second-order valence-electron chi connectivity index (χ2n) is 4.57. The molecule has 1 heterocycles. The van der Waals surface area contributed by atoms with Gasteiger partial charge in [-0.15, -0.1) is 0 Å². The average Bonchev–Trinajstić information content (AvgIpc) is 2.81. The van der Waals surface area contributed by atoms with Gasteiger partial charge in [0.15, 0.2) is 5.84 Å². The smallest absolute Gasteiger partial charge is 0.233 e. The Morgan fingerprint density at radius 1 is 1.61 bits per heavy atom. The summed E-state index contributed by atoms with van der Waals surface area (Å²) in [7, 11) is 1.72. The van der Waals surface area contributed by atoms with Crippen LogP contribution >= 0.6 is 11.3 Å². The predicted octanol–water partition coefficient (Wildman–Crippen LogP) is 1.73. The first kappa shape index (κ1) is 14.5. The lowest BCUT2D eigenvalue weighted by Gasteiger charge is -2.25. The maximum Gasteiger partial charge on any atom is 0.233 e. The van der Waals surface area contributed by atoms with Crippen molar-refractivity contribution in [2.24, 2.45) is 22.7 Å². The first-order valence-corrected chi connectivity index (χ1v) is 6.65. The molecule has 0 aliphatic rings. The van der Waals surface area contributed by atoms with E-state index in [1.165, 1.54) is 0 Å². The van der Waals surface area contributed by atoms with Crippen LogP contribution in [0.4, 0.5) is 0 Å². The fourth-order valence-electron chi connectivity index (χ4n) is 1.79. The second-order valence-corrected chi connectivity index (χ2v) is 5.35. The summed E-state index contributed by atoms with van der Waals surface area (Å²) >= 11 is 1.59. The molecule has 0 spiro atoms. The van der Waals surface area contributed by atoms with Gasteiger partial charge >= 0.3 is 0 Å². The number of nitrogens with zero attached hydrogens (tertiary/aromatic N) is 2. The molecule has 1 rings (SSSR count). The Balaban J connectivity index is 2.77. The zero-order valence-electron chi connectivity index (χ0n) is 10.8. The number of hydrogen-bond donors (Lipinski definition) is 2. The maximum atomic E-state index is 12.3. The van der Waals surface area contributed by atoms with Crippen LogP contribution < -0.4 is 5.73 Å². The van der Waals surface area contributed by atoms with Gasteiger partial charge in [-0.25, -0.2) is 0 Å². The molecule has 0 aliphatic heterocycles. The van der Waals surface area contributed by atoms with Crippen LogP contribution in [0, 0.1) is 11.8 Å². The van der Waals surface area contributed by atoms with Crippen molar-refractivity contribution in [3.8, 4) is 0 Å². The summed E-state index contributed by atoms with van der Waals surface area (Å²) in [5, 5.41) is 15.7. The van der Waals surface area contributed by atoms with Crippen LogP contribution in [-0.2, 0) is 11.3 Å². The van der Waals surface area contributed by atoms with Crippen molar-refractivity contribution < 1.29 is 10.0 Å². The number of oxime groups is 1. The predicted molar refractivity (Wildman–Crippen MR) is 72.5 cm³/mol. The topological polar surface area (TPSA) is 78.9 Å². The highest BCUT2D eigenvalue weighted by atomic mass is 32.1. The van der Waals surface area contributed by atoms with E-state index < -0.39 is 5.92 Å². The van der Waals surface area contributed by atoms with Crippen molar-refractivity contribution in [3.63, 3.8) is 0 Å². The number of nitrogens with two attached hydrogens (primary N) is 1. The van der Waals surface area contributed by atoms with Gasteiger partial charge in [-0.3, -0.25) is 4.79 Å². The van der Waals surface area contributed by atoms with E-state index in [2.05, 4.69) is 5.16 Å². The summed E-state index contributed by atoms with van der Waals surface area (Å²) in [5.41, 5.74) is 6.67. The van der Waals surface area contributed by atoms with Gasteiger partial charge in [0.05, 0.1) is 0 Å². The normalized spacial score (nSPS) is 13.7. The van der Waals surface area contributed by atoms with Crippen molar-refractivity contribution in [2.45, 2.75) is 20.4 Å². The van der Waals surface area contributed by atoms with Gasteiger partial charge in [0.25, 0.3) is 0 Å². The lowest BCUT2D eigenvalue weighted by molar-refractivity contribution is -0.133. The summed E-state index contributed by atoms with van der Waals surface area (Å²) in [5.74, 6) is -0.768. The summed E-state index contributed by atoms with van der Waals surface area (Å²) < 4.78 is 0. The van der Waals surface area contributed by atoms with Gasteiger partial charge in [-0.2, -0.15) is 11.3 Å². The molecule has 0 aromatic carbocycles. The molecule has 6 heteroatoms. The number of amidine groups is 1. The summed E-state index contributed by atoms with van der Waals surface area (Å²) in [6, 6.07) is 1.97. The Morgan fingerprint density at radius 3 is 2.72 bits per heavy atom. The Morgan fingerprint density at radius 2 is 2.28 bits per heavy atom. The summed E-state index contributed by atoms with van der Waals surface area (Å²) in [4.78, 5) is 13.9. The SMILES string of the molecule is CC(C)C(C(=O)N(C)Cc1ccsc1)C(N)=NO. The molecule has 0 saturated carbocycles. The van der Waals surface area contributed by atoms with E-state index >= 15 is 0 Å². The lowest BCUT2D eigenvalue weighted by atomic mass is 9.93. The molecular formula is C12H19N3O2S. The molecule has 1 aromatic heterocycles.